The molecule has 0 spiro atoms. The highest BCUT2D eigenvalue weighted by Crippen LogP contribution is 2.22. The summed E-state index contributed by atoms with van der Waals surface area (Å²) in [5.41, 5.74) is 2.41. The maximum absolute atomic E-state index is 4.18. The summed E-state index contributed by atoms with van der Waals surface area (Å²) < 4.78 is 2.95. The van der Waals surface area contributed by atoms with E-state index in [1.807, 2.05) is 17.9 Å². The van der Waals surface area contributed by atoms with E-state index in [4.69, 9.17) is 0 Å². The number of benzene rings is 2. The summed E-state index contributed by atoms with van der Waals surface area (Å²) in [4.78, 5) is 0. The maximum Gasteiger partial charge on any atom is 0.0522 e. The van der Waals surface area contributed by atoms with E-state index in [1.54, 1.807) is 0 Å². The molecule has 1 aromatic heterocycles. The van der Waals surface area contributed by atoms with Crippen LogP contribution in [0.15, 0.2) is 53.3 Å². The lowest BCUT2D eigenvalue weighted by atomic mass is 10.1. The highest BCUT2D eigenvalue weighted by Gasteiger charge is 1.99. The molecule has 0 fully saturated rings. The Bertz CT molecular complexity index is 733. The average Bonchev–Trinajstić information content (AvgIpc) is 2.85. The quantitative estimate of drug-likeness (QED) is 0.784. The van der Waals surface area contributed by atoms with Gasteiger partial charge in [0.25, 0.3) is 0 Å². The number of nitrogens with one attached hydrogen (secondary N) is 1. The minimum Gasteiger partial charge on any atom is -0.385 e. The first-order valence-corrected chi connectivity index (χ1v) is 7.41. The largest absolute Gasteiger partial charge is 0.385 e. The van der Waals surface area contributed by atoms with Crippen LogP contribution in [0, 0.1) is 0 Å². The molecule has 0 saturated heterocycles. The number of rotatable bonds is 4. The Kier molecular flexibility index (Phi) is 3.74. The Morgan fingerprint density at radius 3 is 2.75 bits per heavy atom. The molecule has 0 bridgehead atoms. The summed E-state index contributed by atoms with van der Waals surface area (Å²) in [6.07, 6.45) is 4.95. The molecule has 0 aliphatic carbocycles. The number of aryl methyl sites for hydroxylation is 1. The topological polar surface area (TPSA) is 29.9 Å². The van der Waals surface area contributed by atoms with Crippen LogP contribution in [0.5, 0.6) is 0 Å². The SMILES string of the molecule is Cn1cc(CCNc2ccc3cc(Br)ccc3c2)cn1. The Balaban J connectivity index is 1.67. The van der Waals surface area contributed by atoms with E-state index in [-0.39, 0.29) is 0 Å². The Morgan fingerprint density at radius 1 is 1.15 bits per heavy atom. The molecule has 1 N–H and O–H groups in total. The predicted octanol–water partition coefficient (Wildman–Crippen LogP) is 3.99. The molecular weight excluding hydrogens is 314 g/mol. The van der Waals surface area contributed by atoms with Crippen LogP contribution in [0.4, 0.5) is 5.69 Å². The van der Waals surface area contributed by atoms with Gasteiger partial charge in [-0.3, -0.25) is 4.68 Å². The minimum atomic E-state index is 0.910. The molecule has 102 valence electrons. The second-order valence-corrected chi connectivity index (χ2v) is 5.82. The molecule has 2 aromatic carbocycles. The summed E-state index contributed by atoms with van der Waals surface area (Å²) in [7, 11) is 1.94. The fourth-order valence-electron chi connectivity index (χ4n) is 2.28. The van der Waals surface area contributed by atoms with Crippen molar-refractivity contribution in [2.75, 3.05) is 11.9 Å². The number of hydrogen-bond acceptors (Lipinski definition) is 2. The average molecular weight is 330 g/mol. The summed E-state index contributed by atoms with van der Waals surface area (Å²) >= 11 is 3.50. The number of aromatic nitrogens is 2. The van der Waals surface area contributed by atoms with Gasteiger partial charge in [0, 0.05) is 29.9 Å². The van der Waals surface area contributed by atoms with E-state index in [2.05, 4.69) is 68.9 Å². The van der Waals surface area contributed by atoms with E-state index < -0.39 is 0 Å². The first-order valence-electron chi connectivity index (χ1n) is 6.61. The number of nitrogens with zero attached hydrogens (tertiary/aromatic N) is 2. The van der Waals surface area contributed by atoms with Gasteiger partial charge in [0.05, 0.1) is 6.20 Å². The number of anilines is 1. The predicted molar refractivity (Wildman–Crippen MR) is 87.0 cm³/mol. The molecule has 0 radical (unpaired) electrons. The number of hydrogen-bond donors (Lipinski definition) is 1. The Hall–Kier alpha value is -1.81. The molecule has 0 saturated carbocycles. The van der Waals surface area contributed by atoms with Crippen molar-refractivity contribution in [3.8, 4) is 0 Å². The normalized spacial score (nSPS) is 10.9. The lowest BCUT2D eigenvalue weighted by Gasteiger charge is -2.07. The van der Waals surface area contributed by atoms with Gasteiger partial charge < -0.3 is 5.32 Å². The van der Waals surface area contributed by atoms with Crippen molar-refractivity contribution in [2.24, 2.45) is 7.05 Å². The molecule has 4 heteroatoms. The third-order valence-corrected chi connectivity index (χ3v) is 3.80. The first-order chi connectivity index (χ1) is 9.70. The molecule has 1 heterocycles. The van der Waals surface area contributed by atoms with Crippen molar-refractivity contribution < 1.29 is 0 Å². The van der Waals surface area contributed by atoms with Gasteiger partial charge in [-0.15, -0.1) is 0 Å². The van der Waals surface area contributed by atoms with Crippen LogP contribution < -0.4 is 5.32 Å². The zero-order valence-electron chi connectivity index (χ0n) is 11.3. The van der Waals surface area contributed by atoms with E-state index in [1.165, 1.54) is 16.3 Å². The van der Waals surface area contributed by atoms with Crippen LogP contribution in [0.3, 0.4) is 0 Å². The number of fused-ring (bicyclic) bond motifs is 1. The van der Waals surface area contributed by atoms with E-state index in [0.717, 1.165) is 23.1 Å². The second kappa shape index (κ2) is 5.67. The van der Waals surface area contributed by atoms with Gasteiger partial charge in [-0.1, -0.05) is 28.1 Å². The molecule has 0 aliphatic heterocycles. The summed E-state index contributed by atoms with van der Waals surface area (Å²) in [6.45, 7) is 0.910. The van der Waals surface area contributed by atoms with Crippen LogP contribution in [-0.4, -0.2) is 16.3 Å². The first kappa shape index (κ1) is 13.2. The van der Waals surface area contributed by atoms with E-state index in [9.17, 15) is 0 Å². The van der Waals surface area contributed by atoms with Crippen molar-refractivity contribution in [1.82, 2.24) is 9.78 Å². The maximum atomic E-state index is 4.18. The highest BCUT2D eigenvalue weighted by molar-refractivity contribution is 9.10. The van der Waals surface area contributed by atoms with Crippen molar-refractivity contribution in [3.63, 3.8) is 0 Å². The van der Waals surface area contributed by atoms with Gasteiger partial charge in [0.15, 0.2) is 0 Å². The van der Waals surface area contributed by atoms with Crippen molar-refractivity contribution in [3.05, 3.63) is 58.8 Å². The molecule has 20 heavy (non-hydrogen) atoms. The van der Waals surface area contributed by atoms with E-state index in [0.29, 0.717) is 0 Å². The van der Waals surface area contributed by atoms with Gasteiger partial charge in [0.1, 0.15) is 0 Å². The van der Waals surface area contributed by atoms with Gasteiger partial charge >= 0.3 is 0 Å². The van der Waals surface area contributed by atoms with Crippen LogP contribution in [0.1, 0.15) is 5.56 Å². The Morgan fingerprint density at radius 2 is 1.95 bits per heavy atom. The molecule has 3 rings (SSSR count). The molecule has 0 aliphatic rings. The van der Waals surface area contributed by atoms with Gasteiger partial charge in [-0.25, -0.2) is 0 Å². The third-order valence-electron chi connectivity index (χ3n) is 3.30. The van der Waals surface area contributed by atoms with Crippen molar-refractivity contribution in [1.29, 1.82) is 0 Å². The van der Waals surface area contributed by atoms with Crippen LogP contribution in [0.25, 0.3) is 10.8 Å². The van der Waals surface area contributed by atoms with Crippen LogP contribution >= 0.6 is 15.9 Å². The molecule has 0 unspecified atom stereocenters. The standard InChI is InChI=1S/C16H16BrN3/c1-20-11-12(10-19-20)6-7-18-16-5-3-13-8-15(17)4-2-14(13)9-16/h2-5,8-11,18H,6-7H2,1H3. The lowest BCUT2D eigenvalue weighted by Crippen LogP contribution is -2.04. The van der Waals surface area contributed by atoms with Crippen LogP contribution in [0.2, 0.25) is 0 Å². The molecule has 3 nitrogen and oxygen atoms in total. The fourth-order valence-corrected chi connectivity index (χ4v) is 2.66. The molecular formula is C16H16BrN3. The summed E-state index contributed by atoms with van der Waals surface area (Å²) in [6, 6.07) is 12.8. The summed E-state index contributed by atoms with van der Waals surface area (Å²) in [5.74, 6) is 0. The zero-order valence-corrected chi connectivity index (χ0v) is 12.9. The second-order valence-electron chi connectivity index (χ2n) is 4.91. The zero-order chi connectivity index (χ0) is 13.9. The number of halogens is 1. The van der Waals surface area contributed by atoms with Crippen LogP contribution in [-0.2, 0) is 13.5 Å². The van der Waals surface area contributed by atoms with Crippen molar-refractivity contribution >= 4 is 32.4 Å². The van der Waals surface area contributed by atoms with Gasteiger partial charge in [-0.2, -0.15) is 5.10 Å². The Labute approximate surface area is 126 Å². The van der Waals surface area contributed by atoms with Gasteiger partial charge in [-0.05, 0) is 47.0 Å². The van der Waals surface area contributed by atoms with E-state index >= 15 is 0 Å². The fraction of sp³-hybridized carbons (Fsp3) is 0.188. The summed E-state index contributed by atoms with van der Waals surface area (Å²) in [5, 5.41) is 10.1. The third kappa shape index (κ3) is 3.02. The minimum absolute atomic E-state index is 0.910. The molecule has 3 aromatic rings. The smallest absolute Gasteiger partial charge is 0.0522 e. The lowest BCUT2D eigenvalue weighted by molar-refractivity contribution is 0.767. The van der Waals surface area contributed by atoms with Gasteiger partial charge in [0.2, 0.25) is 0 Å². The van der Waals surface area contributed by atoms with Crippen molar-refractivity contribution in [2.45, 2.75) is 6.42 Å². The molecule has 0 amide bonds. The molecule has 0 atom stereocenters. The monoisotopic (exact) mass is 329 g/mol. The highest BCUT2D eigenvalue weighted by atomic mass is 79.9.